The molecule has 21 heavy (non-hydrogen) atoms. The van der Waals surface area contributed by atoms with E-state index in [2.05, 4.69) is 31.1 Å². The minimum Gasteiger partial charge on any atom is -0.490 e. The van der Waals surface area contributed by atoms with Crippen molar-refractivity contribution in [1.29, 1.82) is 0 Å². The molecule has 0 aromatic carbocycles. The van der Waals surface area contributed by atoms with Crippen LogP contribution in [0.15, 0.2) is 22.9 Å². The molecule has 1 aromatic heterocycles. The molecule has 2 rings (SSSR count). The number of hydrogen-bond acceptors (Lipinski definition) is 5. The van der Waals surface area contributed by atoms with Crippen LogP contribution in [0.4, 0.5) is 4.79 Å². The fraction of sp³-hybridized carbons (Fsp3) is 0.538. The van der Waals surface area contributed by atoms with Crippen molar-refractivity contribution >= 4 is 22.0 Å². The van der Waals surface area contributed by atoms with Crippen molar-refractivity contribution in [1.82, 2.24) is 15.2 Å². The molecule has 0 saturated carbocycles. The molecule has 1 fully saturated rings. The molecular formula is C13H18BrN3O4. The molecule has 1 amide bonds. The van der Waals surface area contributed by atoms with E-state index in [0.29, 0.717) is 25.5 Å². The van der Waals surface area contributed by atoms with Gasteiger partial charge in [-0.2, -0.15) is 0 Å². The first kappa shape index (κ1) is 16.0. The Morgan fingerprint density at radius 3 is 2.95 bits per heavy atom. The zero-order valence-corrected chi connectivity index (χ0v) is 13.1. The number of halogens is 1. The highest BCUT2D eigenvalue weighted by Crippen LogP contribution is 2.16. The Morgan fingerprint density at radius 1 is 1.52 bits per heavy atom. The summed E-state index contributed by atoms with van der Waals surface area (Å²) in [6.07, 6.45) is 2.20. The van der Waals surface area contributed by atoms with E-state index in [4.69, 9.17) is 14.6 Å². The summed E-state index contributed by atoms with van der Waals surface area (Å²) in [5, 5.41) is 11.4. The van der Waals surface area contributed by atoms with Gasteiger partial charge in [-0.15, -0.1) is 0 Å². The summed E-state index contributed by atoms with van der Waals surface area (Å²) in [7, 11) is 0. The molecule has 1 atom stereocenters. The first-order chi connectivity index (χ1) is 10.1. The molecule has 0 aliphatic carbocycles. The highest BCUT2D eigenvalue weighted by atomic mass is 79.9. The maximum absolute atomic E-state index is 10.9. The number of ether oxygens (including phenoxy) is 2. The number of aromatic nitrogens is 1. The number of pyridine rings is 1. The number of rotatable bonds is 6. The van der Waals surface area contributed by atoms with Gasteiger partial charge in [-0.3, -0.25) is 9.88 Å². The number of nitrogens with one attached hydrogen (secondary N) is 1. The van der Waals surface area contributed by atoms with Crippen molar-refractivity contribution in [2.45, 2.75) is 6.04 Å². The Bertz CT molecular complexity index is 468. The van der Waals surface area contributed by atoms with Gasteiger partial charge < -0.3 is 19.9 Å². The van der Waals surface area contributed by atoms with Gasteiger partial charge in [0.15, 0.2) is 0 Å². The number of amides is 1. The minimum atomic E-state index is -1.05. The fourth-order valence-corrected chi connectivity index (χ4v) is 2.42. The number of morpholine rings is 1. The Morgan fingerprint density at radius 2 is 2.29 bits per heavy atom. The maximum Gasteiger partial charge on any atom is 0.405 e. The van der Waals surface area contributed by atoms with Crippen LogP contribution in [0.25, 0.3) is 0 Å². The van der Waals surface area contributed by atoms with Crippen molar-refractivity contribution in [3.8, 4) is 5.75 Å². The van der Waals surface area contributed by atoms with Crippen molar-refractivity contribution in [2.24, 2.45) is 0 Å². The largest absolute Gasteiger partial charge is 0.490 e. The fourth-order valence-electron chi connectivity index (χ4n) is 2.08. The van der Waals surface area contributed by atoms with Gasteiger partial charge in [0.2, 0.25) is 0 Å². The molecule has 1 aromatic rings. The van der Waals surface area contributed by atoms with Crippen LogP contribution in [-0.2, 0) is 4.74 Å². The molecule has 8 heteroatoms. The molecule has 1 unspecified atom stereocenters. The van der Waals surface area contributed by atoms with Crippen LogP contribution >= 0.6 is 15.9 Å². The van der Waals surface area contributed by atoms with Gasteiger partial charge in [-0.25, -0.2) is 4.79 Å². The van der Waals surface area contributed by atoms with Crippen LogP contribution < -0.4 is 10.1 Å². The van der Waals surface area contributed by atoms with Crippen molar-refractivity contribution < 1.29 is 19.4 Å². The summed E-state index contributed by atoms with van der Waals surface area (Å²) >= 11 is 3.31. The summed E-state index contributed by atoms with van der Waals surface area (Å²) in [5.41, 5.74) is 0. The van der Waals surface area contributed by atoms with Gasteiger partial charge in [0, 0.05) is 30.3 Å². The second kappa shape index (κ2) is 8.16. The topological polar surface area (TPSA) is 83.9 Å². The Hall–Kier alpha value is -1.38. The zero-order chi connectivity index (χ0) is 15.1. The Labute approximate surface area is 131 Å². The predicted molar refractivity (Wildman–Crippen MR) is 79.6 cm³/mol. The highest BCUT2D eigenvalue weighted by molar-refractivity contribution is 9.10. The van der Waals surface area contributed by atoms with Crippen LogP contribution in [-0.4, -0.2) is 66.6 Å². The van der Waals surface area contributed by atoms with Gasteiger partial charge in [0.05, 0.1) is 25.5 Å². The monoisotopic (exact) mass is 359 g/mol. The summed E-state index contributed by atoms with van der Waals surface area (Å²) in [6, 6.07) is 1.49. The van der Waals surface area contributed by atoms with Crippen molar-refractivity contribution in [2.75, 3.05) is 39.5 Å². The number of carbonyl (C=O) groups is 1. The second-order valence-corrected chi connectivity index (χ2v) is 5.62. The van der Waals surface area contributed by atoms with Crippen LogP contribution in [0.5, 0.6) is 5.75 Å². The number of carboxylic acid groups (broad SMARTS) is 1. The van der Waals surface area contributed by atoms with Crippen LogP contribution in [0.2, 0.25) is 0 Å². The Balaban J connectivity index is 1.87. The summed E-state index contributed by atoms with van der Waals surface area (Å²) in [5.74, 6) is 0.601. The molecular weight excluding hydrogens is 342 g/mol. The summed E-state index contributed by atoms with van der Waals surface area (Å²) < 4.78 is 11.7. The summed E-state index contributed by atoms with van der Waals surface area (Å²) in [6.45, 7) is 3.80. The van der Waals surface area contributed by atoms with E-state index in [0.717, 1.165) is 17.6 Å². The van der Waals surface area contributed by atoms with Crippen LogP contribution in [0.3, 0.4) is 0 Å². The van der Waals surface area contributed by atoms with Gasteiger partial charge >= 0.3 is 6.09 Å². The van der Waals surface area contributed by atoms with Gasteiger partial charge in [0.1, 0.15) is 12.4 Å². The first-order valence-electron chi connectivity index (χ1n) is 6.66. The van der Waals surface area contributed by atoms with E-state index < -0.39 is 6.09 Å². The van der Waals surface area contributed by atoms with Gasteiger partial charge in [0.25, 0.3) is 0 Å². The molecule has 0 radical (unpaired) electrons. The third-order valence-corrected chi connectivity index (χ3v) is 3.47. The highest BCUT2D eigenvalue weighted by Gasteiger charge is 2.19. The zero-order valence-electron chi connectivity index (χ0n) is 11.5. The molecule has 0 bridgehead atoms. The maximum atomic E-state index is 10.9. The lowest BCUT2D eigenvalue weighted by Crippen LogP contribution is -2.49. The second-order valence-electron chi connectivity index (χ2n) is 4.71. The smallest absolute Gasteiger partial charge is 0.405 e. The normalized spacial score (nSPS) is 17.2. The van der Waals surface area contributed by atoms with E-state index in [1.807, 2.05) is 0 Å². The van der Waals surface area contributed by atoms with Crippen molar-refractivity contribution in [3.63, 3.8) is 0 Å². The average molecular weight is 360 g/mol. The predicted octanol–water partition coefficient (Wildman–Crippen LogP) is 1.19. The molecule has 2 N–H and O–H groups in total. The molecule has 7 nitrogen and oxygen atoms in total. The third-order valence-electron chi connectivity index (χ3n) is 3.04. The molecule has 0 spiro atoms. The standard InChI is InChI=1S/C13H18BrN3O4/c14-10-5-12(7-15-6-10)21-9-11(16-13(18)19)8-17-1-3-20-4-2-17/h5-7,11,16H,1-4,8-9H2,(H,18,19). The van der Waals surface area contributed by atoms with E-state index in [1.54, 1.807) is 18.5 Å². The number of hydrogen-bond donors (Lipinski definition) is 2. The summed E-state index contributed by atoms with van der Waals surface area (Å²) in [4.78, 5) is 17.0. The molecule has 116 valence electrons. The lowest BCUT2D eigenvalue weighted by molar-refractivity contribution is 0.0308. The first-order valence-corrected chi connectivity index (χ1v) is 7.45. The average Bonchev–Trinajstić information content (AvgIpc) is 2.45. The van der Waals surface area contributed by atoms with Crippen molar-refractivity contribution in [3.05, 3.63) is 22.9 Å². The number of nitrogens with zero attached hydrogens (tertiary/aromatic N) is 2. The van der Waals surface area contributed by atoms with Gasteiger partial charge in [-0.1, -0.05) is 0 Å². The lowest BCUT2D eigenvalue weighted by Gasteiger charge is -2.30. The molecule has 1 aliphatic heterocycles. The quantitative estimate of drug-likeness (QED) is 0.793. The van der Waals surface area contributed by atoms with E-state index in [-0.39, 0.29) is 12.6 Å². The Kier molecular flexibility index (Phi) is 6.21. The van der Waals surface area contributed by atoms with Gasteiger partial charge in [-0.05, 0) is 22.0 Å². The van der Waals surface area contributed by atoms with Crippen LogP contribution in [0.1, 0.15) is 0 Å². The van der Waals surface area contributed by atoms with E-state index in [1.165, 1.54) is 0 Å². The third kappa shape index (κ3) is 5.86. The lowest BCUT2D eigenvalue weighted by atomic mass is 10.2. The molecule has 1 aliphatic rings. The minimum absolute atomic E-state index is 0.252. The van der Waals surface area contributed by atoms with E-state index >= 15 is 0 Å². The molecule has 1 saturated heterocycles. The van der Waals surface area contributed by atoms with E-state index in [9.17, 15) is 4.79 Å². The van der Waals surface area contributed by atoms with Crippen LogP contribution in [0, 0.1) is 0 Å². The SMILES string of the molecule is O=C(O)NC(COc1cncc(Br)c1)CN1CCOCC1. The molecule has 2 heterocycles.